The molecular weight excluding hydrogens is 346 g/mol. The van der Waals surface area contributed by atoms with Crippen molar-refractivity contribution in [3.8, 4) is 11.5 Å². The number of ether oxygens (including phenoxy) is 3. The van der Waals surface area contributed by atoms with Crippen molar-refractivity contribution < 1.29 is 23.8 Å². The number of para-hydroxylation sites is 1. The van der Waals surface area contributed by atoms with Gasteiger partial charge < -0.3 is 19.5 Å². The number of nitrogens with one attached hydrogen (secondary N) is 1. The predicted molar refractivity (Wildman–Crippen MR) is 102 cm³/mol. The molecule has 3 rings (SSSR count). The van der Waals surface area contributed by atoms with Crippen LogP contribution in [-0.4, -0.2) is 32.2 Å². The minimum absolute atomic E-state index is 0.155. The highest BCUT2D eigenvalue weighted by atomic mass is 16.5. The summed E-state index contributed by atoms with van der Waals surface area (Å²) in [5.41, 5.74) is 3.14. The average Bonchev–Trinajstić information content (AvgIpc) is 2.68. The van der Waals surface area contributed by atoms with Gasteiger partial charge in [0.05, 0.1) is 24.9 Å². The van der Waals surface area contributed by atoms with E-state index in [4.69, 9.17) is 14.2 Å². The molecule has 1 heterocycles. The number of carbonyl (C=O) groups is 2. The van der Waals surface area contributed by atoms with Crippen molar-refractivity contribution in [2.45, 2.75) is 13.8 Å². The fourth-order valence-electron chi connectivity index (χ4n) is 2.83. The average molecular weight is 367 g/mol. The number of hydrogen-bond donors (Lipinski definition) is 1. The van der Waals surface area contributed by atoms with Gasteiger partial charge in [-0.25, -0.2) is 4.79 Å². The van der Waals surface area contributed by atoms with Gasteiger partial charge in [0.1, 0.15) is 6.61 Å². The van der Waals surface area contributed by atoms with Gasteiger partial charge in [-0.15, -0.1) is 0 Å². The Hall–Kier alpha value is -3.28. The summed E-state index contributed by atoms with van der Waals surface area (Å²) in [5.74, 6) is 0.645. The first-order valence-electron chi connectivity index (χ1n) is 8.63. The third-order valence-electron chi connectivity index (χ3n) is 4.20. The van der Waals surface area contributed by atoms with Crippen LogP contribution in [0.3, 0.4) is 0 Å². The summed E-state index contributed by atoms with van der Waals surface area (Å²) in [6.07, 6.45) is 1.80. The molecule has 6 heteroatoms. The molecule has 27 heavy (non-hydrogen) atoms. The van der Waals surface area contributed by atoms with Gasteiger partial charge in [0.2, 0.25) is 0 Å². The van der Waals surface area contributed by atoms with E-state index >= 15 is 0 Å². The van der Waals surface area contributed by atoms with Crippen molar-refractivity contribution in [2.75, 3.05) is 25.6 Å². The molecule has 140 valence electrons. The number of esters is 1. The van der Waals surface area contributed by atoms with Gasteiger partial charge in [-0.2, -0.15) is 0 Å². The van der Waals surface area contributed by atoms with E-state index in [0.29, 0.717) is 34.9 Å². The summed E-state index contributed by atoms with van der Waals surface area (Å²) in [7, 11) is 1.33. The molecule has 2 aromatic rings. The Bertz CT molecular complexity index is 917. The molecule has 0 radical (unpaired) electrons. The van der Waals surface area contributed by atoms with Gasteiger partial charge in [-0.3, -0.25) is 4.79 Å². The summed E-state index contributed by atoms with van der Waals surface area (Å²) < 4.78 is 16.0. The zero-order valence-corrected chi connectivity index (χ0v) is 15.5. The number of carbonyl (C=O) groups excluding carboxylic acids is 2. The summed E-state index contributed by atoms with van der Waals surface area (Å²) in [6.45, 7) is 4.42. The second kappa shape index (κ2) is 7.95. The van der Waals surface area contributed by atoms with Crippen LogP contribution in [0.4, 0.5) is 5.69 Å². The Morgan fingerprint density at radius 2 is 2.04 bits per heavy atom. The Balaban J connectivity index is 1.79. The number of fused-ring (bicyclic) bond motifs is 1. The summed E-state index contributed by atoms with van der Waals surface area (Å²) in [4.78, 5) is 24.2. The third-order valence-corrected chi connectivity index (χ3v) is 4.20. The lowest BCUT2D eigenvalue weighted by Crippen LogP contribution is -2.22. The molecule has 0 unspecified atom stereocenters. The van der Waals surface area contributed by atoms with Crippen molar-refractivity contribution in [3.63, 3.8) is 0 Å². The molecule has 1 aliphatic rings. The van der Waals surface area contributed by atoms with E-state index in [0.717, 1.165) is 11.1 Å². The number of aryl methyl sites for hydroxylation is 1. The highest BCUT2D eigenvalue weighted by Gasteiger charge is 2.21. The smallest absolute Gasteiger partial charge is 0.337 e. The quantitative estimate of drug-likeness (QED) is 0.818. The fraction of sp³-hybridized carbons (Fsp3) is 0.238. The van der Waals surface area contributed by atoms with E-state index in [1.165, 1.54) is 7.11 Å². The Labute approximate surface area is 157 Å². The maximum atomic E-state index is 12.6. The standard InChI is InChI=1S/C21H21NO5/c1-4-26-18-7-5-6-14-11-16(12-27-19(14)18)20(23)22-17-9-8-15(10-13(17)2)21(24)25-3/h5-11H,4,12H2,1-3H3,(H,22,23). The van der Waals surface area contributed by atoms with Crippen LogP contribution in [0.5, 0.6) is 11.5 Å². The monoisotopic (exact) mass is 367 g/mol. The first-order chi connectivity index (χ1) is 13.0. The fourth-order valence-corrected chi connectivity index (χ4v) is 2.83. The maximum absolute atomic E-state index is 12.6. The van der Waals surface area contributed by atoms with Gasteiger partial charge >= 0.3 is 5.97 Å². The van der Waals surface area contributed by atoms with Crippen LogP contribution in [0.2, 0.25) is 0 Å². The van der Waals surface area contributed by atoms with Crippen LogP contribution in [0.25, 0.3) is 6.08 Å². The summed E-state index contributed by atoms with van der Waals surface area (Å²) in [6, 6.07) is 10.6. The number of anilines is 1. The molecule has 1 aliphatic heterocycles. The molecule has 0 fully saturated rings. The van der Waals surface area contributed by atoms with E-state index in [1.54, 1.807) is 24.3 Å². The van der Waals surface area contributed by atoms with Crippen molar-refractivity contribution in [3.05, 3.63) is 58.7 Å². The van der Waals surface area contributed by atoms with Gasteiger partial charge in [0.25, 0.3) is 5.91 Å². The SMILES string of the molecule is CCOc1cccc2c1OCC(C(=O)Nc1ccc(C(=O)OC)cc1C)=C2. The number of rotatable bonds is 5. The van der Waals surface area contributed by atoms with Crippen LogP contribution < -0.4 is 14.8 Å². The van der Waals surface area contributed by atoms with Crippen molar-refractivity contribution in [2.24, 2.45) is 0 Å². The van der Waals surface area contributed by atoms with Crippen LogP contribution in [0.15, 0.2) is 42.0 Å². The van der Waals surface area contributed by atoms with Crippen LogP contribution in [0.1, 0.15) is 28.4 Å². The lowest BCUT2D eigenvalue weighted by molar-refractivity contribution is -0.113. The van der Waals surface area contributed by atoms with Gasteiger partial charge in [0, 0.05) is 11.3 Å². The normalized spacial score (nSPS) is 12.3. The van der Waals surface area contributed by atoms with Gasteiger partial charge in [0.15, 0.2) is 11.5 Å². The van der Waals surface area contributed by atoms with Gasteiger partial charge in [-0.05, 0) is 49.8 Å². The van der Waals surface area contributed by atoms with E-state index in [1.807, 2.05) is 32.0 Å². The van der Waals surface area contributed by atoms with Crippen molar-refractivity contribution in [1.82, 2.24) is 0 Å². The second-order valence-corrected chi connectivity index (χ2v) is 6.04. The minimum atomic E-state index is -0.416. The first-order valence-corrected chi connectivity index (χ1v) is 8.63. The largest absolute Gasteiger partial charge is 0.490 e. The van der Waals surface area contributed by atoms with E-state index < -0.39 is 5.97 Å². The summed E-state index contributed by atoms with van der Waals surface area (Å²) in [5, 5.41) is 2.86. The predicted octanol–water partition coefficient (Wildman–Crippen LogP) is 3.59. The molecule has 2 aromatic carbocycles. The topological polar surface area (TPSA) is 73.9 Å². The first kappa shape index (κ1) is 18.5. The highest BCUT2D eigenvalue weighted by molar-refractivity contribution is 6.08. The molecule has 1 N–H and O–H groups in total. The highest BCUT2D eigenvalue weighted by Crippen LogP contribution is 2.36. The van der Waals surface area contributed by atoms with E-state index in [2.05, 4.69) is 5.32 Å². The maximum Gasteiger partial charge on any atom is 0.337 e. The zero-order valence-electron chi connectivity index (χ0n) is 15.5. The minimum Gasteiger partial charge on any atom is -0.490 e. The third kappa shape index (κ3) is 3.95. The number of hydrogen-bond acceptors (Lipinski definition) is 5. The molecule has 0 atom stereocenters. The zero-order chi connectivity index (χ0) is 19.4. The Kier molecular flexibility index (Phi) is 5.45. The molecule has 6 nitrogen and oxygen atoms in total. The molecule has 0 aliphatic carbocycles. The van der Waals surface area contributed by atoms with E-state index in [-0.39, 0.29) is 12.5 Å². The summed E-state index contributed by atoms with van der Waals surface area (Å²) >= 11 is 0. The molecule has 0 bridgehead atoms. The second-order valence-electron chi connectivity index (χ2n) is 6.04. The molecule has 0 saturated heterocycles. The number of methoxy groups -OCH3 is 1. The lowest BCUT2D eigenvalue weighted by Gasteiger charge is -2.20. The molecule has 0 saturated carbocycles. The lowest BCUT2D eigenvalue weighted by atomic mass is 10.1. The van der Waals surface area contributed by atoms with Crippen molar-refractivity contribution in [1.29, 1.82) is 0 Å². The molecule has 1 amide bonds. The van der Waals surface area contributed by atoms with Crippen LogP contribution in [-0.2, 0) is 9.53 Å². The number of benzene rings is 2. The van der Waals surface area contributed by atoms with Gasteiger partial charge in [-0.1, -0.05) is 12.1 Å². The Morgan fingerprint density at radius 3 is 2.74 bits per heavy atom. The molecular formula is C21H21NO5. The van der Waals surface area contributed by atoms with Crippen LogP contribution >= 0.6 is 0 Å². The molecule has 0 spiro atoms. The number of amides is 1. The van der Waals surface area contributed by atoms with Crippen LogP contribution in [0, 0.1) is 6.92 Å². The van der Waals surface area contributed by atoms with E-state index in [9.17, 15) is 9.59 Å². The van der Waals surface area contributed by atoms with Crippen molar-refractivity contribution >= 4 is 23.6 Å². The Morgan fingerprint density at radius 1 is 1.22 bits per heavy atom. The molecule has 0 aromatic heterocycles.